The van der Waals surface area contributed by atoms with E-state index in [0.29, 0.717) is 33.8 Å². The van der Waals surface area contributed by atoms with Crippen molar-refractivity contribution < 1.29 is 17.9 Å². The summed E-state index contributed by atoms with van der Waals surface area (Å²) in [6.45, 7) is 3.28. The molecule has 5 aromatic rings. The molecule has 6 nitrogen and oxygen atoms in total. The average Bonchev–Trinajstić information content (AvgIpc) is 3.25. The van der Waals surface area contributed by atoms with E-state index in [0.717, 1.165) is 11.0 Å². The number of hydrogen-bond acceptors (Lipinski definition) is 6. The minimum atomic E-state index is -1.28. The van der Waals surface area contributed by atoms with Crippen LogP contribution in [0.4, 0.5) is 14.7 Å². The van der Waals surface area contributed by atoms with Crippen molar-refractivity contribution in [3.05, 3.63) is 89.7 Å². The quantitative estimate of drug-likeness (QED) is 0.300. The zero-order chi connectivity index (χ0) is 24.5. The van der Waals surface area contributed by atoms with Crippen molar-refractivity contribution in [2.45, 2.75) is 26.6 Å². The Balaban J connectivity index is 1.65. The van der Waals surface area contributed by atoms with Gasteiger partial charge in [0.05, 0.1) is 17.0 Å². The van der Waals surface area contributed by atoms with E-state index in [1.165, 1.54) is 19.1 Å². The van der Waals surface area contributed by atoms with Crippen LogP contribution in [0.2, 0.25) is 0 Å². The number of alkyl halides is 1. The van der Waals surface area contributed by atoms with Gasteiger partial charge in [0.15, 0.2) is 0 Å². The second kappa shape index (κ2) is 9.13. The summed E-state index contributed by atoms with van der Waals surface area (Å²) in [5, 5.41) is 0.951. The number of fused-ring (bicyclic) bond motifs is 1. The lowest BCUT2D eigenvalue weighted by atomic mass is 9.99. The number of ether oxygens (including phenoxy) is 1. The highest BCUT2D eigenvalue weighted by Gasteiger charge is 2.21. The molecular weight excluding hydrogens is 450 g/mol. The van der Waals surface area contributed by atoms with Crippen molar-refractivity contribution in [3.63, 3.8) is 0 Å². The first kappa shape index (κ1) is 22.5. The van der Waals surface area contributed by atoms with Crippen LogP contribution in [0.5, 0.6) is 5.88 Å². The Labute approximate surface area is 200 Å². The highest BCUT2D eigenvalue weighted by molar-refractivity contribution is 5.85. The maximum Gasteiger partial charge on any atom is 0.227 e. The number of pyridine rings is 1. The fourth-order valence-corrected chi connectivity index (χ4v) is 3.93. The third-order valence-electron chi connectivity index (χ3n) is 5.51. The summed E-state index contributed by atoms with van der Waals surface area (Å²) in [5.74, 6) is 0.395. The Kier molecular flexibility index (Phi) is 5.86. The minimum absolute atomic E-state index is 0.0162. The zero-order valence-electron chi connectivity index (χ0n) is 19.1. The van der Waals surface area contributed by atoms with Crippen LogP contribution >= 0.6 is 0 Å². The van der Waals surface area contributed by atoms with Gasteiger partial charge in [-0.3, -0.25) is 4.98 Å². The molecule has 0 aliphatic rings. The number of furan rings is 1. The Morgan fingerprint density at radius 2 is 1.74 bits per heavy atom. The summed E-state index contributed by atoms with van der Waals surface area (Å²) in [4.78, 5) is 13.1. The lowest BCUT2D eigenvalue weighted by Gasteiger charge is -2.16. The first-order chi connectivity index (χ1) is 16.9. The largest absolute Gasteiger partial charge is 0.469 e. The van der Waals surface area contributed by atoms with E-state index in [-0.39, 0.29) is 29.9 Å². The predicted octanol–water partition coefficient (Wildman–Crippen LogP) is 6.59. The Morgan fingerprint density at radius 1 is 0.971 bits per heavy atom. The molecule has 176 valence electrons. The van der Waals surface area contributed by atoms with Gasteiger partial charge < -0.3 is 14.9 Å². The number of nitrogen functional groups attached to an aromatic ring is 1. The Morgan fingerprint density at radius 3 is 2.49 bits per heavy atom. The normalized spacial score (nSPS) is 12.1. The molecule has 2 aromatic carbocycles. The van der Waals surface area contributed by atoms with Gasteiger partial charge in [-0.2, -0.15) is 4.98 Å². The molecule has 2 N–H and O–H groups in total. The van der Waals surface area contributed by atoms with E-state index in [1.54, 1.807) is 31.2 Å². The van der Waals surface area contributed by atoms with E-state index in [1.807, 2.05) is 30.3 Å². The van der Waals surface area contributed by atoms with Gasteiger partial charge in [-0.1, -0.05) is 18.2 Å². The molecule has 0 saturated carbocycles. The number of aromatic nitrogens is 3. The van der Waals surface area contributed by atoms with E-state index in [9.17, 15) is 8.78 Å². The Hall–Kier alpha value is -4.33. The standard InChI is InChI=1S/C27H22F2N4O2/c1-15-11-19(13-22(31-15)16(2)28)24-25(17-7-9-20(29)10-8-17)32-27(30)33-26(24)34-14-21-12-18-5-3-4-6-23(18)35-21/h3-13,16H,14H2,1-2H3,(H2,30,32,33). The molecule has 35 heavy (non-hydrogen) atoms. The topological polar surface area (TPSA) is 87.1 Å². The summed E-state index contributed by atoms with van der Waals surface area (Å²) in [7, 11) is 0. The monoisotopic (exact) mass is 472 g/mol. The average molecular weight is 472 g/mol. The van der Waals surface area contributed by atoms with Crippen molar-refractivity contribution in [3.8, 4) is 28.3 Å². The zero-order valence-corrected chi connectivity index (χ0v) is 19.1. The van der Waals surface area contributed by atoms with Crippen LogP contribution in [0, 0.1) is 12.7 Å². The number of hydrogen-bond donors (Lipinski definition) is 1. The second-order valence-corrected chi connectivity index (χ2v) is 8.19. The van der Waals surface area contributed by atoms with Crippen LogP contribution in [0.1, 0.15) is 30.2 Å². The maximum absolute atomic E-state index is 14.2. The van der Waals surface area contributed by atoms with Crippen LogP contribution in [-0.2, 0) is 6.61 Å². The Bertz CT molecular complexity index is 1480. The van der Waals surface area contributed by atoms with Crippen LogP contribution in [-0.4, -0.2) is 15.0 Å². The molecule has 3 heterocycles. The molecule has 0 fully saturated rings. The van der Waals surface area contributed by atoms with Crippen LogP contribution < -0.4 is 10.5 Å². The second-order valence-electron chi connectivity index (χ2n) is 8.19. The number of para-hydroxylation sites is 1. The van der Waals surface area contributed by atoms with Gasteiger partial charge in [-0.25, -0.2) is 13.8 Å². The van der Waals surface area contributed by atoms with E-state index in [4.69, 9.17) is 14.9 Å². The first-order valence-electron chi connectivity index (χ1n) is 11.0. The van der Waals surface area contributed by atoms with Gasteiger partial charge in [0.2, 0.25) is 11.8 Å². The van der Waals surface area contributed by atoms with Crippen molar-refractivity contribution >= 4 is 16.9 Å². The smallest absolute Gasteiger partial charge is 0.227 e. The molecule has 0 bridgehead atoms. The summed E-state index contributed by atoms with van der Waals surface area (Å²) in [6.07, 6.45) is -1.28. The highest BCUT2D eigenvalue weighted by atomic mass is 19.1. The molecule has 0 aliphatic carbocycles. The van der Waals surface area contributed by atoms with Gasteiger partial charge >= 0.3 is 0 Å². The number of aryl methyl sites for hydroxylation is 1. The van der Waals surface area contributed by atoms with Crippen molar-refractivity contribution in [2.75, 3.05) is 5.73 Å². The summed E-state index contributed by atoms with van der Waals surface area (Å²) in [6, 6.07) is 18.8. The third kappa shape index (κ3) is 4.68. The molecule has 8 heteroatoms. The number of benzene rings is 2. The molecule has 0 aliphatic heterocycles. The summed E-state index contributed by atoms with van der Waals surface area (Å²) >= 11 is 0. The molecule has 0 radical (unpaired) electrons. The van der Waals surface area contributed by atoms with Crippen molar-refractivity contribution in [1.82, 2.24) is 15.0 Å². The number of anilines is 1. The third-order valence-corrected chi connectivity index (χ3v) is 5.51. The van der Waals surface area contributed by atoms with Crippen LogP contribution in [0.15, 0.2) is 71.1 Å². The summed E-state index contributed by atoms with van der Waals surface area (Å²) < 4.78 is 39.8. The van der Waals surface area contributed by atoms with Gasteiger partial charge in [-0.05, 0) is 67.9 Å². The predicted molar refractivity (Wildman–Crippen MR) is 130 cm³/mol. The molecular formula is C27H22F2N4O2. The van der Waals surface area contributed by atoms with E-state index < -0.39 is 6.17 Å². The molecule has 0 saturated heterocycles. The fraction of sp³-hybridized carbons (Fsp3) is 0.148. The van der Waals surface area contributed by atoms with Crippen molar-refractivity contribution in [2.24, 2.45) is 0 Å². The first-order valence-corrected chi connectivity index (χ1v) is 11.0. The molecule has 1 unspecified atom stereocenters. The maximum atomic E-state index is 14.2. The molecule has 5 rings (SSSR count). The number of nitrogens with zero attached hydrogens (tertiary/aromatic N) is 3. The van der Waals surface area contributed by atoms with Gasteiger partial charge in [-0.15, -0.1) is 0 Å². The lowest BCUT2D eigenvalue weighted by molar-refractivity contribution is 0.266. The molecule has 1 atom stereocenters. The molecule has 3 aromatic heterocycles. The molecule has 0 amide bonds. The van der Waals surface area contributed by atoms with Gasteiger partial charge in [0.1, 0.15) is 29.9 Å². The number of nitrogens with two attached hydrogens (primary N) is 1. The fourth-order valence-electron chi connectivity index (χ4n) is 3.93. The van der Waals surface area contributed by atoms with Crippen LogP contribution in [0.3, 0.4) is 0 Å². The van der Waals surface area contributed by atoms with Crippen molar-refractivity contribution in [1.29, 1.82) is 0 Å². The van der Waals surface area contributed by atoms with Gasteiger partial charge in [0, 0.05) is 16.6 Å². The number of rotatable bonds is 6. The lowest BCUT2D eigenvalue weighted by Crippen LogP contribution is -2.06. The summed E-state index contributed by atoms with van der Waals surface area (Å²) in [5.41, 5.74) is 9.81. The minimum Gasteiger partial charge on any atom is -0.469 e. The van der Waals surface area contributed by atoms with E-state index >= 15 is 0 Å². The SMILES string of the molecule is Cc1cc(-c2c(OCc3cc4ccccc4o3)nc(N)nc2-c2ccc(F)cc2)cc(C(C)F)n1. The molecule has 0 spiro atoms. The highest BCUT2D eigenvalue weighted by Crippen LogP contribution is 2.39. The van der Waals surface area contributed by atoms with Crippen LogP contribution in [0.25, 0.3) is 33.4 Å². The number of halogens is 2. The van der Waals surface area contributed by atoms with E-state index in [2.05, 4.69) is 15.0 Å². The van der Waals surface area contributed by atoms with Gasteiger partial charge in [0.25, 0.3) is 0 Å².